The summed E-state index contributed by atoms with van der Waals surface area (Å²) in [5, 5.41) is 3.09. The SMILES string of the molecule is CCOc1ccc(NC(=O)CN2C(=O)S/C(=C/c3ccc(OCc4ccc(Cl)c(Cl)c4)c(Br)c3)C2=O)cc1. The number of nitrogens with zero attached hydrogens (tertiary/aromatic N) is 1. The molecule has 0 radical (unpaired) electrons. The zero-order valence-corrected chi connectivity index (χ0v) is 23.9. The summed E-state index contributed by atoms with van der Waals surface area (Å²) in [6, 6.07) is 17.4. The largest absolute Gasteiger partial charge is 0.494 e. The number of carbonyl (C=O) groups is 3. The molecule has 3 aromatic carbocycles. The number of halogens is 3. The van der Waals surface area contributed by atoms with Crippen molar-refractivity contribution in [2.24, 2.45) is 0 Å². The molecule has 1 aliphatic heterocycles. The average molecular weight is 636 g/mol. The summed E-state index contributed by atoms with van der Waals surface area (Å²) in [6.45, 7) is 2.31. The summed E-state index contributed by atoms with van der Waals surface area (Å²) in [6.07, 6.45) is 1.60. The molecule has 0 aliphatic carbocycles. The molecule has 0 saturated carbocycles. The summed E-state index contributed by atoms with van der Waals surface area (Å²) in [5.74, 6) is 0.258. The van der Waals surface area contributed by atoms with Gasteiger partial charge in [0.2, 0.25) is 5.91 Å². The molecule has 11 heteroatoms. The molecule has 0 spiro atoms. The van der Waals surface area contributed by atoms with Gasteiger partial charge in [-0.1, -0.05) is 35.3 Å². The monoisotopic (exact) mass is 634 g/mol. The Hall–Kier alpha value is -2.98. The number of carbonyl (C=O) groups excluding carboxylic acids is 3. The van der Waals surface area contributed by atoms with E-state index in [1.807, 2.05) is 13.0 Å². The van der Waals surface area contributed by atoms with E-state index in [0.29, 0.717) is 43.9 Å². The van der Waals surface area contributed by atoms with Crippen LogP contribution >= 0.6 is 50.9 Å². The van der Waals surface area contributed by atoms with Crippen LogP contribution in [-0.4, -0.2) is 35.1 Å². The first-order valence-electron chi connectivity index (χ1n) is 11.4. The Morgan fingerprint density at radius 3 is 2.47 bits per heavy atom. The Labute approximate surface area is 242 Å². The number of amides is 3. The second-order valence-electron chi connectivity index (χ2n) is 8.00. The number of thioether (sulfide) groups is 1. The first-order valence-corrected chi connectivity index (χ1v) is 13.7. The van der Waals surface area contributed by atoms with E-state index >= 15 is 0 Å². The number of imide groups is 1. The van der Waals surface area contributed by atoms with Crippen LogP contribution in [0.5, 0.6) is 11.5 Å². The van der Waals surface area contributed by atoms with Crippen LogP contribution in [0.15, 0.2) is 70.0 Å². The lowest BCUT2D eigenvalue weighted by molar-refractivity contribution is -0.127. The lowest BCUT2D eigenvalue weighted by atomic mass is 10.2. The Balaban J connectivity index is 1.37. The molecule has 0 atom stereocenters. The van der Waals surface area contributed by atoms with Crippen LogP contribution in [0.2, 0.25) is 10.0 Å². The molecule has 196 valence electrons. The van der Waals surface area contributed by atoms with Crippen molar-refractivity contribution in [1.82, 2.24) is 4.90 Å². The van der Waals surface area contributed by atoms with Crippen molar-refractivity contribution >= 4 is 79.7 Å². The van der Waals surface area contributed by atoms with Gasteiger partial charge in [0.15, 0.2) is 0 Å². The fraction of sp³-hybridized carbons (Fsp3) is 0.148. The Morgan fingerprint density at radius 1 is 1.03 bits per heavy atom. The van der Waals surface area contributed by atoms with Crippen LogP contribution in [-0.2, 0) is 16.2 Å². The van der Waals surface area contributed by atoms with Crippen LogP contribution in [0, 0.1) is 0 Å². The van der Waals surface area contributed by atoms with Gasteiger partial charge in [0.1, 0.15) is 24.7 Å². The van der Waals surface area contributed by atoms with Gasteiger partial charge in [0, 0.05) is 5.69 Å². The lowest BCUT2D eigenvalue weighted by Crippen LogP contribution is -2.36. The molecule has 4 rings (SSSR count). The van der Waals surface area contributed by atoms with Gasteiger partial charge >= 0.3 is 0 Å². The third kappa shape index (κ3) is 7.11. The van der Waals surface area contributed by atoms with Crippen molar-refractivity contribution in [2.75, 3.05) is 18.5 Å². The van der Waals surface area contributed by atoms with Gasteiger partial charge in [0.05, 0.1) is 26.0 Å². The second kappa shape index (κ2) is 12.7. The quantitative estimate of drug-likeness (QED) is 0.247. The van der Waals surface area contributed by atoms with Crippen LogP contribution in [0.1, 0.15) is 18.1 Å². The predicted molar refractivity (Wildman–Crippen MR) is 154 cm³/mol. The highest BCUT2D eigenvalue weighted by atomic mass is 79.9. The van der Waals surface area contributed by atoms with E-state index in [1.54, 1.807) is 60.7 Å². The molecule has 7 nitrogen and oxygen atoms in total. The van der Waals surface area contributed by atoms with Crippen molar-refractivity contribution in [3.63, 3.8) is 0 Å². The Kier molecular flexibility index (Phi) is 9.38. The van der Waals surface area contributed by atoms with E-state index in [0.717, 1.165) is 22.2 Å². The van der Waals surface area contributed by atoms with Gasteiger partial charge in [-0.15, -0.1) is 0 Å². The van der Waals surface area contributed by atoms with Gasteiger partial charge in [-0.05, 0) is 100 Å². The Bertz CT molecular complexity index is 1420. The molecule has 3 aromatic rings. The minimum absolute atomic E-state index is 0.222. The van der Waals surface area contributed by atoms with E-state index < -0.39 is 17.1 Å². The van der Waals surface area contributed by atoms with E-state index in [-0.39, 0.29) is 18.1 Å². The maximum atomic E-state index is 12.9. The van der Waals surface area contributed by atoms with Gasteiger partial charge in [-0.3, -0.25) is 19.3 Å². The summed E-state index contributed by atoms with van der Waals surface area (Å²) in [4.78, 5) is 38.9. The highest BCUT2D eigenvalue weighted by Crippen LogP contribution is 2.34. The van der Waals surface area contributed by atoms with Gasteiger partial charge in [-0.25, -0.2) is 0 Å². The lowest BCUT2D eigenvalue weighted by Gasteiger charge is -2.13. The highest BCUT2D eigenvalue weighted by Gasteiger charge is 2.36. The molecular weight excluding hydrogens is 615 g/mol. The molecule has 0 bridgehead atoms. The minimum Gasteiger partial charge on any atom is -0.494 e. The number of benzene rings is 3. The zero-order valence-electron chi connectivity index (χ0n) is 20.0. The van der Waals surface area contributed by atoms with E-state index in [9.17, 15) is 14.4 Å². The molecule has 1 heterocycles. The number of hydrogen-bond acceptors (Lipinski definition) is 6. The van der Waals surface area contributed by atoms with Crippen molar-refractivity contribution < 1.29 is 23.9 Å². The maximum Gasteiger partial charge on any atom is 0.294 e. The number of nitrogens with one attached hydrogen (secondary N) is 1. The summed E-state index contributed by atoms with van der Waals surface area (Å²) in [7, 11) is 0. The average Bonchev–Trinajstić information content (AvgIpc) is 3.14. The van der Waals surface area contributed by atoms with Crippen molar-refractivity contribution in [2.45, 2.75) is 13.5 Å². The first kappa shape index (κ1) is 28.0. The van der Waals surface area contributed by atoms with Gasteiger partial charge in [-0.2, -0.15) is 0 Å². The molecule has 1 saturated heterocycles. The van der Waals surface area contributed by atoms with E-state index in [1.165, 1.54) is 0 Å². The molecule has 0 aromatic heterocycles. The standard InChI is InChI=1S/C27H21BrCl2N2O5S/c1-2-36-19-7-5-18(6-8-19)31-25(33)14-32-26(34)24(38-27(32)35)13-16-4-10-23(20(28)11-16)37-15-17-3-9-21(29)22(30)12-17/h3-13H,2,14-15H2,1H3,(H,31,33)/b24-13+. The molecule has 1 N–H and O–H groups in total. The second-order valence-corrected chi connectivity index (χ2v) is 10.7. The van der Waals surface area contributed by atoms with Crippen molar-refractivity contribution in [3.8, 4) is 11.5 Å². The van der Waals surface area contributed by atoms with Crippen LogP contribution in [0.4, 0.5) is 10.5 Å². The molecule has 38 heavy (non-hydrogen) atoms. The topological polar surface area (TPSA) is 84.9 Å². The first-order chi connectivity index (χ1) is 18.2. The smallest absolute Gasteiger partial charge is 0.294 e. The number of ether oxygens (including phenoxy) is 2. The van der Waals surface area contributed by atoms with Crippen LogP contribution < -0.4 is 14.8 Å². The minimum atomic E-state index is -0.530. The number of anilines is 1. The third-order valence-electron chi connectivity index (χ3n) is 5.26. The zero-order chi connectivity index (χ0) is 27.2. The Morgan fingerprint density at radius 2 is 1.79 bits per heavy atom. The van der Waals surface area contributed by atoms with Crippen LogP contribution in [0.25, 0.3) is 6.08 Å². The maximum absolute atomic E-state index is 12.9. The van der Waals surface area contributed by atoms with Gasteiger partial charge < -0.3 is 14.8 Å². The highest BCUT2D eigenvalue weighted by molar-refractivity contribution is 9.10. The summed E-state index contributed by atoms with van der Waals surface area (Å²) >= 11 is 16.3. The number of hydrogen-bond donors (Lipinski definition) is 1. The summed E-state index contributed by atoms with van der Waals surface area (Å²) in [5.41, 5.74) is 2.07. The predicted octanol–water partition coefficient (Wildman–Crippen LogP) is 7.41. The fourth-order valence-electron chi connectivity index (χ4n) is 3.45. The van der Waals surface area contributed by atoms with Crippen molar-refractivity contribution in [3.05, 3.63) is 91.2 Å². The van der Waals surface area contributed by atoms with Crippen LogP contribution in [0.3, 0.4) is 0 Å². The fourth-order valence-corrected chi connectivity index (χ4v) is 5.12. The molecule has 0 unspecified atom stereocenters. The van der Waals surface area contributed by atoms with E-state index in [2.05, 4.69) is 21.2 Å². The van der Waals surface area contributed by atoms with E-state index in [4.69, 9.17) is 32.7 Å². The number of rotatable bonds is 9. The van der Waals surface area contributed by atoms with Gasteiger partial charge in [0.25, 0.3) is 11.1 Å². The summed E-state index contributed by atoms with van der Waals surface area (Å²) < 4.78 is 11.9. The normalized spacial score (nSPS) is 14.2. The molecular formula is C27H21BrCl2N2O5S. The van der Waals surface area contributed by atoms with Crippen molar-refractivity contribution in [1.29, 1.82) is 0 Å². The molecule has 3 amide bonds. The third-order valence-corrected chi connectivity index (χ3v) is 7.52. The molecule has 1 fully saturated rings. The molecule has 1 aliphatic rings.